The Hall–Kier alpha value is -0.380. The number of thiophene rings is 1. The van der Waals surface area contributed by atoms with E-state index in [1.54, 1.807) is 4.88 Å². The predicted octanol–water partition coefficient (Wildman–Crippen LogP) is 3.16. The lowest BCUT2D eigenvalue weighted by Crippen LogP contribution is -2.55. The molecule has 2 atom stereocenters. The average molecular weight is 264 g/mol. The Bertz CT molecular complexity index is 387. The van der Waals surface area contributed by atoms with Crippen LogP contribution in [0.4, 0.5) is 0 Å². The molecule has 0 radical (unpaired) electrons. The Kier molecular flexibility index (Phi) is 3.73. The molecule has 1 aromatic heterocycles. The summed E-state index contributed by atoms with van der Waals surface area (Å²) in [5.74, 6) is 0. The van der Waals surface area contributed by atoms with E-state index in [-0.39, 0.29) is 0 Å². The predicted molar refractivity (Wildman–Crippen MR) is 78.1 cm³/mol. The molecule has 100 valence electrons. The molecule has 0 amide bonds. The summed E-state index contributed by atoms with van der Waals surface area (Å²) in [6, 6.07) is 4.64. The van der Waals surface area contributed by atoms with Crippen molar-refractivity contribution in [2.24, 2.45) is 0 Å². The summed E-state index contributed by atoms with van der Waals surface area (Å²) in [5.41, 5.74) is 1.48. The lowest BCUT2D eigenvalue weighted by atomic mass is 9.81. The molecule has 2 bridgehead atoms. The summed E-state index contributed by atoms with van der Waals surface area (Å²) in [6.07, 6.45) is 6.93. The third-order valence-corrected chi connectivity index (χ3v) is 5.84. The molecule has 2 saturated heterocycles. The minimum atomic E-state index is 0.751. The molecule has 2 fully saturated rings. The first-order valence-corrected chi connectivity index (χ1v) is 8.12. The molecular formula is C15H24N2S. The Morgan fingerprint density at radius 3 is 2.61 bits per heavy atom. The molecule has 2 unspecified atom stereocenters. The number of fused-ring (bicyclic) bond motifs is 2. The Balaban J connectivity index is 1.74. The maximum absolute atomic E-state index is 3.50. The van der Waals surface area contributed by atoms with Crippen LogP contribution >= 0.6 is 11.3 Å². The van der Waals surface area contributed by atoms with Gasteiger partial charge in [-0.15, -0.1) is 11.3 Å². The molecule has 2 aliphatic heterocycles. The minimum Gasteiger partial charge on any atom is -0.317 e. The molecule has 2 nitrogen and oxygen atoms in total. The van der Waals surface area contributed by atoms with E-state index < -0.39 is 0 Å². The molecule has 0 aromatic carbocycles. The van der Waals surface area contributed by atoms with Crippen LogP contribution < -0.4 is 5.32 Å². The molecular weight excluding hydrogens is 240 g/mol. The van der Waals surface area contributed by atoms with Gasteiger partial charge in [0.2, 0.25) is 0 Å². The fraction of sp³-hybridized carbons (Fsp3) is 0.733. The van der Waals surface area contributed by atoms with Crippen LogP contribution in [0.1, 0.15) is 42.5 Å². The first-order valence-electron chi connectivity index (χ1n) is 7.24. The minimum absolute atomic E-state index is 0.751. The van der Waals surface area contributed by atoms with Crippen LogP contribution in [0, 0.1) is 6.92 Å². The van der Waals surface area contributed by atoms with Crippen LogP contribution in [0.3, 0.4) is 0 Å². The molecule has 1 N–H and O–H groups in total. The standard InChI is InChI=1S/C15H24N2S/c1-11-6-7-18-15(11)10-17-13-4-3-5-14(17)9-12(8-13)16-2/h6-7,12-14,16H,3-5,8-10H2,1-2H3. The van der Waals surface area contributed by atoms with E-state index in [1.165, 1.54) is 44.2 Å². The summed E-state index contributed by atoms with van der Waals surface area (Å²) >= 11 is 1.93. The van der Waals surface area contributed by atoms with Gasteiger partial charge >= 0.3 is 0 Å². The van der Waals surface area contributed by atoms with E-state index in [1.807, 2.05) is 11.3 Å². The van der Waals surface area contributed by atoms with Gasteiger partial charge in [0.15, 0.2) is 0 Å². The maximum Gasteiger partial charge on any atom is 0.0336 e. The highest BCUT2D eigenvalue weighted by Gasteiger charge is 2.37. The lowest BCUT2D eigenvalue weighted by Gasteiger charge is -2.49. The average Bonchev–Trinajstić information content (AvgIpc) is 2.75. The van der Waals surface area contributed by atoms with E-state index in [9.17, 15) is 0 Å². The zero-order chi connectivity index (χ0) is 12.5. The topological polar surface area (TPSA) is 15.3 Å². The highest BCUT2D eigenvalue weighted by Crippen LogP contribution is 2.36. The summed E-state index contributed by atoms with van der Waals surface area (Å²) < 4.78 is 0. The molecule has 3 heteroatoms. The zero-order valence-corrected chi connectivity index (χ0v) is 12.3. The first-order chi connectivity index (χ1) is 8.78. The van der Waals surface area contributed by atoms with Crippen LogP contribution in [-0.4, -0.2) is 30.1 Å². The second-order valence-electron chi connectivity index (χ2n) is 5.89. The monoisotopic (exact) mass is 264 g/mol. The van der Waals surface area contributed by atoms with Crippen LogP contribution in [0.25, 0.3) is 0 Å². The van der Waals surface area contributed by atoms with Crippen LogP contribution in [-0.2, 0) is 6.54 Å². The third kappa shape index (κ3) is 2.36. The summed E-state index contributed by atoms with van der Waals surface area (Å²) in [6.45, 7) is 3.44. The van der Waals surface area contributed by atoms with Crippen molar-refractivity contribution in [2.45, 2.75) is 63.7 Å². The molecule has 2 aliphatic rings. The van der Waals surface area contributed by atoms with Gasteiger partial charge in [0.05, 0.1) is 0 Å². The smallest absolute Gasteiger partial charge is 0.0336 e. The van der Waals surface area contributed by atoms with Crippen LogP contribution in [0.2, 0.25) is 0 Å². The molecule has 3 rings (SSSR count). The maximum atomic E-state index is 3.50. The highest BCUT2D eigenvalue weighted by molar-refractivity contribution is 7.10. The second kappa shape index (κ2) is 5.32. The van der Waals surface area contributed by atoms with Crippen molar-refractivity contribution in [1.29, 1.82) is 0 Å². The molecule has 0 aliphatic carbocycles. The Morgan fingerprint density at radius 2 is 2.06 bits per heavy atom. The summed E-state index contributed by atoms with van der Waals surface area (Å²) in [5, 5.41) is 5.74. The van der Waals surface area contributed by atoms with Crippen LogP contribution in [0.5, 0.6) is 0 Å². The normalized spacial score (nSPS) is 32.7. The summed E-state index contributed by atoms with van der Waals surface area (Å²) in [4.78, 5) is 4.38. The van der Waals surface area contributed by atoms with E-state index in [0.717, 1.165) is 18.1 Å². The van der Waals surface area contributed by atoms with E-state index in [2.05, 4.69) is 35.6 Å². The van der Waals surface area contributed by atoms with E-state index in [4.69, 9.17) is 0 Å². The Labute approximate surface area is 114 Å². The number of hydrogen-bond acceptors (Lipinski definition) is 3. The number of rotatable bonds is 3. The van der Waals surface area contributed by atoms with Gasteiger partial charge in [-0.2, -0.15) is 0 Å². The molecule has 0 saturated carbocycles. The third-order valence-electron chi connectivity index (χ3n) is 4.83. The van der Waals surface area contributed by atoms with Gasteiger partial charge in [-0.05, 0) is 56.7 Å². The number of piperidine rings is 2. The second-order valence-corrected chi connectivity index (χ2v) is 6.90. The molecule has 0 spiro atoms. The van der Waals surface area contributed by atoms with Gasteiger partial charge in [-0.1, -0.05) is 6.42 Å². The number of aryl methyl sites for hydroxylation is 1. The number of nitrogens with zero attached hydrogens (tertiary/aromatic N) is 1. The van der Waals surface area contributed by atoms with Crippen LogP contribution in [0.15, 0.2) is 11.4 Å². The Morgan fingerprint density at radius 1 is 1.33 bits per heavy atom. The van der Waals surface area contributed by atoms with Crippen molar-refractivity contribution in [2.75, 3.05) is 7.05 Å². The number of hydrogen-bond donors (Lipinski definition) is 1. The van der Waals surface area contributed by atoms with Gasteiger partial charge in [-0.25, -0.2) is 0 Å². The van der Waals surface area contributed by atoms with Crippen molar-refractivity contribution in [3.8, 4) is 0 Å². The number of nitrogens with one attached hydrogen (secondary N) is 1. The summed E-state index contributed by atoms with van der Waals surface area (Å²) in [7, 11) is 2.12. The SMILES string of the molecule is CNC1CC2CCCC(C1)N2Cc1sccc1C. The van der Waals surface area contributed by atoms with Crippen molar-refractivity contribution in [1.82, 2.24) is 10.2 Å². The van der Waals surface area contributed by atoms with Crippen molar-refractivity contribution in [3.63, 3.8) is 0 Å². The van der Waals surface area contributed by atoms with Crippen molar-refractivity contribution < 1.29 is 0 Å². The van der Waals surface area contributed by atoms with Gasteiger partial charge in [-0.3, -0.25) is 4.90 Å². The van der Waals surface area contributed by atoms with Gasteiger partial charge in [0.1, 0.15) is 0 Å². The zero-order valence-electron chi connectivity index (χ0n) is 11.5. The quantitative estimate of drug-likeness (QED) is 0.902. The fourth-order valence-corrected chi connectivity index (χ4v) is 4.62. The molecule has 3 heterocycles. The first kappa shape index (κ1) is 12.6. The van der Waals surface area contributed by atoms with E-state index >= 15 is 0 Å². The van der Waals surface area contributed by atoms with Gasteiger partial charge in [0, 0.05) is 29.5 Å². The molecule has 18 heavy (non-hydrogen) atoms. The van der Waals surface area contributed by atoms with Gasteiger partial charge in [0.25, 0.3) is 0 Å². The van der Waals surface area contributed by atoms with Crippen molar-refractivity contribution in [3.05, 3.63) is 21.9 Å². The highest BCUT2D eigenvalue weighted by atomic mass is 32.1. The van der Waals surface area contributed by atoms with E-state index in [0.29, 0.717) is 0 Å². The van der Waals surface area contributed by atoms with Crippen molar-refractivity contribution >= 4 is 11.3 Å². The largest absolute Gasteiger partial charge is 0.317 e. The lowest BCUT2D eigenvalue weighted by molar-refractivity contribution is 0.0197. The molecule has 1 aromatic rings. The van der Waals surface area contributed by atoms with Gasteiger partial charge < -0.3 is 5.32 Å². The fourth-order valence-electron chi connectivity index (χ4n) is 3.70.